The van der Waals surface area contributed by atoms with Crippen molar-refractivity contribution >= 4 is 34.8 Å². The smallest absolute Gasteiger partial charge is 0.259 e. The molecule has 0 bridgehead atoms. The number of hydrogen-bond acceptors (Lipinski definition) is 5. The maximum Gasteiger partial charge on any atom is 0.259 e. The van der Waals surface area contributed by atoms with Crippen LogP contribution in [-0.2, 0) is 0 Å². The summed E-state index contributed by atoms with van der Waals surface area (Å²) >= 11 is 6.00. The quantitative estimate of drug-likeness (QED) is 0.617. The molecule has 0 aromatic heterocycles. The zero-order valence-corrected chi connectivity index (χ0v) is 16.9. The van der Waals surface area contributed by atoms with Crippen molar-refractivity contribution in [2.45, 2.75) is 0 Å². The summed E-state index contributed by atoms with van der Waals surface area (Å²) in [6, 6.07) is 14.7. The molecule has 152 valence electrons. The van der Waals surface area contributed by atoms with Crippen molar-refractivity contribution in [1.29, 1.82) is 0 Å². The van der Waals surface area contributed by atoms with E-state index in [4.69, 9.17) is 25.8 Å². The number of anilines is 2. The molecule has 3 aromatic rings. The molecule has 0 spiro atoms. The number of carbonyl (C=O) groups excluding carboxylic acids is 2. The van der Waals surface area contributed by atoms with E-state index in [0.29, 0.717) is 45.0 Å². The topological polar surface area (TPSA) is 85.9 Å². The lowest BCUT2D eigenvalue weighted by Gasteiger charge is -2.11. The largest absolute Gasteiger partial charge is 0.497 e. The van der Waals surface area contributed by atoms with Gasteiger partial charge in [0, 0.05) is 22.3 Å². The number of halogens is 1. The van der Waals surface area contributed by atoms with Crippen molar-refractivity contribution in [2.75, 3.05) is 24.9 Å². The Kier molecular flexibility index (Phi) is 5.20. The minimum atomic E-state index is -0.378. The molecule has 0 saturated heterocycles. The molecule has 3 aromatic carbocycles. The minimum Gasteiger partial charge on any atom is -0.497 e. The fourth-order valence-corrected chi connectivity index (χ4v) is 3.19. The highest BCUT2D eigenvalue weighted by Gasteiger charge is 2.22. The van der Waals surface area contributed by atoms with Crippen LogP contribution in [0.3, 0.4) is 0 Å². The van der Waals surface area contributed by atoms with Crippen molar-refractivity contribution in [3.05, 3.63) is 70.7 Å². The molecule has 2 N–H and O–H groups in total. The molecule has 0 fully saturated rings. The number of nitrogens with one attached hydrogen (secondary N) is 2. The average molecular weight is 425 g/mol. The van der Waals surface area contributed by atoms with Gasteiger partial charge in [0.1, 0.15) is 17.2 Å². The Balaban J connectivity index is 1.61. The number of hydrogen-bond donors (Lipinski definition) is 2. The third kappa shape index (κ3) is 3.88. The molecule has 0 atom stereocenters. The number of carbonyl (C=O) groups is 2. The van der Waals surface area contributed by atoms with Gasteiger partial charge >= 0.3 is 0 Å². The van der Waals surface area contributed by atoms with Crippen LogP contribution < -0.4 is 24.8 Å². The van der Waals surface area contributed by atoms with Crippen molar-refractivity contribution in [3.8, 4) is 23.0 Å². The van der Waals surface area contributed by atoms with Gasteiger partial charge in [-0.1, -0.05) is 11.6 Å². The first-order valence-corrected chi connectivity index (χ1v) is 9.32. The van der Waals surface area contributed by atoms with Crippen LogP contribution in [0.1, 0.15) is 20.7 Å². The predicted octanol–water partition coefficient (Wildman–Crippen LogP) is 4.97. The van der Waals surface area contributed by atoms with E-state index in [2.05, 4.69) is 10.6 Å². The van der Waals surface area contributed by atoms with Crippen molar-refractivity contribution in [1.82, 2.24) is 0 Å². The zero-order chi connectivity index (χ0) is 21.3. The molecular weight excluding hydrogens is 408 g/mol. The van der Waals surface area contributed by atoms with Crippen molar-refractivity contribution in [2.24, 2.45) is 0 Å². The lowest BCUT2D eigenvalue weighted by Crippen LogP contribution is -2.14. The summed E-state index contributed by atoms with van der Waals surface area (Å²) in [4.78, 5) is 25.4. The monoisotopic (exact) mass is 424 g/mol. The molecule has 0 unspecified atom stereocenters. The highest BCUT2D eigenvalue weighted by atomic mass is 35.5. The fourth-order valence-electron chi connectivity index (χ4n) is 3.01. The van der Waals surface area contributed by atoms with E-state index in [1.54, 1.807) is 54.6 Å². The van der Waals surface area contributed by atoms with Crippen LogP contribution in [0.5, 0.6) is 23.0 Å². The Morgan fingerprint density at radius 1 is 0.967 bits per heavy atom. The Morgan fingerprint density at radius 2 is 1.67 bits per heavy atom. The van der Waals surface area contributed by atoms with Gasteiger partial charge in [-0.05, 0) is 48.5 Å². The van der Waals surface area contributed by atoms with Gasteiger partial charge in [0.05, 0.1) is 25.5 Å². The SMILES string of the molecule is COc1cc(OC)cc(C(=O)Nc2ccc3c(c2)C(=O)Nc2cc(Cl)ccc2O3)c1. The lowest BCUT2D eigenvalue weighted by molar-refractivity contribution is 0.101. The Hall–Kier alpha value is -3.71. The van der Waals surface area contributed by atoms with Gasteiger partial charge in [0.15, 0.2) is 5.75 Å². The number of ether oxygens (including phenoxy) is 3. The van der Waals surface area contributed by atoms with E-state index < -0.39 is 0 Å². The molecular formula is C22H17ClN2O5. The van der Waals surface area contributed by atoms with Crippen molar-refractivity contribution in [3.63, 3.8) is 0 Å². The van der Waals surface area contributed by atoms with E-state index in [1.807, 2.05) is 0 Å². The summed E-state index contributed by atoms with van der Waals surface area (Å²) in [7, 11) is 3.01. The summed E-state index contributed by atoms with van der Waals surface area (Å²) < 4.78 is 16.2. The van der Waals surface area contributed by atoms with E-state index in [0.717, 1.165) is 0 Å². The summed E-state index contributed by atoms with van der Waals surface area (Å²) in [5.41, 5.74) is 1.54. The van der Waals surface area contributed by atoms with Crippen LogP contribution in [0.25, 0.3) is 0 Å². The molecule has 8 heteroatoms. The Bertz CT molecular complexity index is 1140. The third-order valence-electron chi connectivity index (χ3n) is 4.51. The predicted molar refractivity (Wildman–Crippen MR) is 113 cm³/mol. The zero-order valence-electron chi connectivity index (χ0n) is 16.1. The van der Waals surface area contributed by atoms with Crippen LogP contribution in [0, 0.1) is 0 Å². The van der Waals surface area contributed by atoms with Crippen LogP contribution >= 0.6 is 11.6 Å². The van der Waals surface area contributed by atoms with Gasteiger partial charge in [0.25, 0.3) is 11.8 Å². The van der Waals surface area contributed by atoms with Crippen LogP contribution in [-0.4, -0.2) is 26.0 Å². The maximum atomic E-state index is 12.7. The maximum absolute atomic E-state index is 12.7. The Labute approximate surface area is 177 Å². The lowest BCUT2D eigenvalue weighted by atomic mass is 10.1. The first-order valence-electron chi connectivity index (χ1n) is 8.94. The highest BCUT2D eigenvalue weighted by Crippen LogP contribution is 2.38. The Morgan fingerprint density at radius 3 is 2.37 bits per heavy atom. The van der Waals surface area contributed by atoms with Crippen LogP contribution in [0.2, 0.25) is 5.02 Å². The van der Waals surface area contributed by atoms with Crippen LogP contribution in [0.4, 0.5) is 11.4 Å². The average Bonchev–Trinajstić information content (AvgIpc) is 2.88. The van der Waals surface area contributed by atoms with Gasteiger partial charge < -0.3 is 24.8 Å². The normalized spacial score (nSPS) is 11.9. The molecule has 1 aliphatic heterocycles. The molecule has 7 nitrogen and oxygen atoms in total. The van der Waals surface area contributed by atoms with E-state index in [-0.39, 0.29) is 17.4 Å². The summed E-state index contributed by atoms with van der Waals surface area (Å²) in [6.45, 7) is 0. The molecule has 0 radical (unpaired) electrons. The molecule has 1 aliphatic rings. The first-order chi connectivity index (χ1) is 14.5. The van der Waals surface area contributed by atoms with Crippen LogP contribution in [0.15, 0.2) is 54.6 Å². The second kappa shape index (κ2) is 7.96. The number of rotatable bonds is 4. The van der Waals surface area contributed by atoms with E-state index in [9.17, 15) is 9.59 Å². The number of fused-ring (bicyclic) bond motifs is 2. The molecule has 30 heavy (non-hydrogen) atoms. The second-order valence-electron chi connectivity index (χ2n) is 6.46. The fraction of sp³-hybridized carbons (Fsp3) is 0.0909. The molecule has 1 heterocycles. The van der Waals surface area contributed by atoms with Gasteiger partial charge in [-0.15, -0.1) is 0 Å². The second-order valence-corrected chi connectivity index (χ2v) is 6.90. The molecule has 0 aliphatic carbocycles. The van der Waals surface area contributed by atoms with Crippen molar-refractivity contribution < 1.29 is 23.8 Å². The molecule has 2 amide bonds. The molecule has 0 saturated carbocycles. The van der Waals surface area contributed by atoms with Gasteiger partial charge in [0.2, 0.25) is 0 Å². The number of methoxy groups -OCH3 is 2. The highest BCUT2D eigenvalue weighted by molar-refractivity contribution is 6.31. The first kappa shape index (κ1) is 19.6. The summed E-state index contributed by atoms with van der Waals surface area (Å²) in [6.07, 6.45) is 0. The standard InChI is InChI=1S/C22H17ClN2O5/c1-28-15-7-12(8-16(11-15)29-2)21(26)24-14-4-6-19-17(10-14)22(27)25-18-9-13(23)3-5-20(18)30-19/h3-11H,1-2H3,(H,24,26)(H,25,27). The number of amides is 2. The number of benzene rings is 3. The van der Waals surface area contributed by atoms with E-state index >= 15 is 0 Å². The third-order valence-corrected chi connectivity index (χ3v) is 4.74. The van der Waals surface area contributed by atoms with E-state index in [1.165, 1.54) is 14.2 Å². The van der Waals surface area contributed by atoms with Gasteiger partial charge in [-0.3, -0.25) is 9.59 Å². The summed E-state index contributed by atoms with van der Waals surface area (Å²) in [5, 5.41) is 6.02. The summed E-state index contributed by atoms with van der Waals surface area (Å²) in [5.74, 6) is 1.08. The van der Waals surface area contributed by atoms with Gasteiger partial charge in [-0.2, -0.15) is 0 Å². The van der Waals surface area contributed by atoms with Gasteiger partial charge in [-0.25, -0.2) is 0 Å². The minimum absolute atomic E-state index is 0.281. The molecule has 4 rings (SSSR count).